The summed E-state index contributed by atoms with van der Waals surface area (Å²) in [5, 5.41) is 8.68. The van der Waals surface area contributed by atoms with Crippen LogP contribution in [0.25, 0.3) is 16.9 Å². The van der Waals surface area contributed by atoms with Crippen molar-refractivity contribution in [1.29, 1.82) is 0 Å². The number of aryl methyl sites for hydroxylation is 1. The quantitative estimate of drug-likeness (QED) is 0.363. The summed E-state index contributed by atoms with van der Waals surface area (Å²) in [6.07, 6.45) is 4.02. The molecule has 4 heterocycles. The molecule has 3 fully saturated rings. The Hall–Kier alpha value is -3.83. The van der Waals surface area contributed by atoms with Gasteiger partial charge in [-0.3, -0.25) is 4.79 Å². The number of aromatic nitrogens is 7. The van der Waals surface area contributed by atoms with Crippen molar-refractivity contribution in [3.8, 4) is 5.82 Å². The third-order valence-corrected chi connectivity index (χ3v) is 10.3. The first-order valence-corrected chi connectivity index (χ1v) is 14.2. The molecule has 212 valence electrons. The highest BCUT2D eigenvalue weighted by atomic mass is 19.4. The van der Waals surface area contributed by atoms with E-state index in [0.717, 1.165) is 60.7 Å². The fourth-order valence-corrected chi connectivity index (χ4v) is 7.97. The average Bonchev–Trinajstić information content (AvgIpc) is 3.58. The lowest BCUT2D eigenvalue weighted by Gasteiger charge is -2.37. The number of hydrogen-bond acceptors (Lipinski definition) is 6. The van der Waals surface area contributed by atoms with Gasteiger partial charge in [-0.2, -0.15) is 17.9 Å². The topological polar surface area (TPSA) is 94.6 Å². The number of alkyl halides is 3. The van der Waals surface area contributed by atoms with Gasteiger partial charge in [-0.25, -0.2) is 15.0 Å². The molecule has 4 aliphatic rings. The molecule has 9 nitrogen and oxygen atoms in total. The van der Waals surface area contributed by atoms with E-state index >= 15 is 0 Å². The Bertz CT molecular complexity index is 1700. The molecule has 4 aromatic rings. The smallest absolute Gasteiger partial charge is 0.333 e. The first-order valence-electron chi connectivity index (χ1n) is 14.2. The van der Waals surface area contributed by atoms with E-state index in [9.17, 15) is 18.0 Å². The van der Waals surface area contributed by atoms with Crippen molar-refractivity contribution in [1.82, 2.24) is 39.4 Å². The minimum atomic E-state index is -4.48. The number of hydrogen-bond donors (Lipinski definition) is 0. The number of fused-ring (bicyclic) bond motifs is 5. The van der Waals surface area contributed by atoms with Crippen LogP contribution in [0, 0.1) is 29.6 Å². The number of imidazole rings is 1. The van der Waals surface area contributed by atoms with E-state index in [4.69, 9.17) is 4.98 Å². The molecule has 1 spiro atoms. The number of carbonyl (C=O) groups excluding carboxylic acids is 1. The molecule has 12 heteroatoms. The Labute approximate surface area is 233 Å². The fourth-order valence-electron chi connectivity index (χ4n) is 7.97. The van der Waals surface area contributed by atoms with Crippen LogP contribution in [0.1, 0.15) is 55.0 Å². The van der Waals surface area contributed by atoms with E-state index in [2.05, 4.69) is 20.3 Å². The van der Waals surface area contributed by atoms with Gasteiger partial charge in [0.25, 0.3) is 0 Å². The van der Waals surface area contributed by atoms with Gasteiger partial charge in [0.2, 0.25) is 5.91 Å². The summed E-state index contributed by atoms with van der Waals surface area (Å²) < 4.78 is 42.5. The highest BCUT2D eigenvalue weighted by molar-refractivity contribution is 5.79. The van der Waals surface area contributed by atoms with Crippen LogP contribution in [0.3, 0.4) is 0 Å². The van der Waals surface area contributed by atoms with Crippen LogP contribution in [0.2, 0.25) is 0 Å². The summed E-state index contributed by atoms with van der Waals surface area (Å²) in [6, 6.07) is 7.86. The first kappa shape index (κ1) is 24.9. The van der Waals surface area contributed by atoms with Gasteiger partial charge in [-0.15, -0.1) is 5.10 Å². The van der Waals surface area contributed by atoms with Gasteiger partial charge in [-0.05, 0) is 67.4 Å². The predicted octanol–water partition coefficient (Wildman–Crippen LogP) is 4.52. The zero-order valence-corrected chi connectivity index (χ0v) is 22.6. The highest BCUT2D eigenvalue weighted by Gasteiger charge is 2.87. The molecule has 0 radical (unpaired) electrons. The predicted molar refractivity (Wildman–Crippen MR) is 140 cm³/mol. The van der Waals surface area contributed by atoms with Crippen LogP contribution in [0.15, 0.2) is 36.7 Å². The summed E-state index contributed by atoms with van der Waals surface area (Å²) in [4.78, 5) is 28.3. The van der Waals surface area contributed by atoms with Crippen molar-refractivity contribution in [3.05, 3.63) is 59.6 Å². The zero-order chi connectivity index (χ0) is 28.1. The summed E-state index contributed by atoms with van der Waals surface area (Å²) >= 11 is 0. The first-order chi connectivity index (χ1) is 19.7. The Balaban J connectivity index is 0.926. The van der Waals surface area contributed by atoms with Crippen molar-refractivity contribution in [2.75, 3.05) is 6.54 Å². The lowest BCUT2D eigenvalue weighted by Crippen LogP contribution is -2.43. The molecule has 8 rings (SSSR count). The minimum Gasteiger partial charge on any atom is -0.333 e. The highest BCUT2D eigenvalue weighted by Crippen LogP contribution is 2.92. The number of nitrogens with zero attached hydrogens (tertiary/aromatic N) is 8. The van der Waals surface area contributed by atoms with E-state index in [-0.39, 0.29) is 29.2 Å². The van der Waals surface area contributed by atoms with E-state index in [1.54, 1.807) is 15.8 Å². The molecule has 0 N–H and O–H groups in total. The number of halogens is 3. The lowest BCUT2D eigenvalue weighted by molar-refractivity contribution is -0.141. The Kier molecular flexibility index (Phi) is 5.08. The van der Waals surface area contributed by atoms with Gasteiger partial charge < -0.3 is 9.47 Å². The van der Waals surface area contributed by atoms with Crippen LogP contribution in [-0.2, 0) is 30.5 Å². The van der Waals surface area contributed by atoms with Crippen LogP contribution < -0.4 is 0 Å². The maximum Gasteiger partial charge on any atom is 0.434 e. The molecule has 3 saturated carbocycles. The van der Waals surface area contributed by atoms with Gasteiger partial charge in [0.1, 0.15) is 17.2 Å². The molecule has 3 aromatic heterocycles. The molecule has 2 atom stereocenters. The van der Waals surface area contributed by atoms with E-state index in [0.29, 0.717) is 30.6 Å². The number of benzene rings is 1. The third-order valence-electron chi connectivity index (χ3n) is 10.3. The number of rotatable bonds is 4. The molecule has 1 amide bonds. The fraction of sp³-hybridized carbons (Fsp3) is 0.517. The van der Waals surface area contributed by atoms with Gasteiger partial charge in [0, 0.05) is 43.9 Å². The van der Waals surface area contributed by atoms with Crippen molar-refractivity contribution in [3.63, 3.8) is 0 Å². The third kappa shape index (κ3) is 3.68. The summed E-state index contributed by atoms with van der Waals surface area (Å²) in [5.74, 6) is 2.48. The molecule has 3 aliphatic carbocycles. The number of carbonyl (C=O) groups is 1. The van der Waals surface area contributed by atoms with Crippen molar-refractivity contribution in [2.45, 2.75) is 64.7 Å². The van der Waals surface area contributed by atoms with Gasteiger partial charge >= 0.3 is 6.18 Å². The van der Waals surface area contributed by atoms with E-state index in [1.807, 2.05) is 31.2 Å². The molecular formula is C29H29F3N8O. The zero-order valence-electron chi connectivity index (χ0n) is 22.6. The van der Waals surface area contributed by atoms with Crippen LogP contribution in [0.5, 0.6) is 0 Å². The molecule has 2 unspecified atom stereocenters. The van der Waals surface area contributed by atoms with Gasteiger partial charge in [-0.1, -0.05) is 17.3 Å². The monoisotopic (exact) mass is 562 g/mol. The molecule has 1 aliphatic heterocycles. The summed E-state index contributed by atoms with van der Waals surface area (Å²) in [7, 11) is 0. The normalized spacial score (nSPS) is 28.5. The van der Waals surface area contributed by atoms with Crippen LogP contribution in [0.4, 0.5) is 13.2 Å². The maximum absolute atomic E-state index is 13.4. The second-order valence-corrected chi connectivity index (χ2v) is 12.3. The van der Waals surface area contributed by atoms with E-state index in [1.165, 1.54) is 11.0 Å². The number of amides is 1. The van der Waals surface area contributed by atoms with Gasteiger partial charge in [0.05, 0.1) is 12.1 Å². The molecule has 0 bridgehead atoms. The second-order valence-electron chi connectivity index (χ2n) is 12.3. The SMILES string of the molecule is Cc1cccc2c1nnn2-c1ccnc(CC23CC2C32CCC(C(=O)N3CCn4cc(C(F)(F)F)nc4C3)CC2)n1. The Morgan fingerprint density at radius 1 is 1.12 bits per heavy atom. The van der Waals surface area contributed by atoms with Crippen molar-refractivity contribution in [2.24, 2.45) is 22.7 Å². The minimum absolute atomic E-state index is 0.0531. The van der Waals surface area contributed by atoms with Crippen molar-refractivity contribution < 1.29 is 18.0 Å². The largest absolute Gasteiger partial charge is 0.434 e. The molecule has 0 saturated heterocycles. The lowest BCUT2D eigenvalue weighted by atomic mass is 9.70. The van der Waals surface area contributed by atoms with Crippen LogP contribution >= 0.6 is 0 Å². The maximum atomic E-state index is 13.4. The Morgan fingerprint density at radius 2 is 1.95 bits per heavy atom. The Morgan fingerprint density at radius 3 is 2.73 bits per heavy atom. The van der Waals surface area contributed by atoms with Gasteiger partial charge in [0.15, 0.2) is 11.5 Å². The van der Waals surface area contributed by atoms with E-state index < -0.39 is 11.9 Å². The summed E-state index contributed by atoms with van der Waals surface area (Å²) in [6.45, 7) is 2.91. The molecular weight excluding hydrogens is 533 g/mol. The average molecular weight is 563 g/mol. The second kappa shape index (κ2) is 8.36. The summed E-state index contributed by atoms with van der Waals surface area (Å²) in [5.41, 5.74) is 2.45. The molecule has 41 heavy (non-hydrogen) atoms. The van der Waals surface area contributed by atoms with Crippen molar-refractivity contribution >= 4 is 16.9 Å². The molecule has 1 aromatic carbocycles. The van der Waals surface area contributed by atoms with Crippen LogP contribution in [-0.4, -0.2) is 51.9 Å². The standard InChI is InChI=1S/C29H29F3N8O/c1-17-3-2-4-19-25(17)36-37-40(19)23-7-10-33-22(35-23)14-28-13-20(28)27(28)8-5-18(6-9-27)26(41)39-12-11-38-15-21(29(30,31)32)34-24(38)16-39/h2-4,7,10,15,18,20H,5-6,8-9,11-14,16H2,1H3.